The number of nitrogens with two attached hydrogens (primary N) is 1. The van der Waals surface area contributed by atoms with E-state index in [4.69, 9.17) is 5.73 Å². The molecule has 1 atom stereocenters. The molecule has 1 aliphatic rings. The van der Waals surface area contributed by atoms with Crippen molar-refractivity contribution in [2.24, 2.45) is 5.73 Å². The highest BCUT2D eigenvalue weighted by Crippen LogP contribution is 2.21. The van der Waals surface area contributed by atoms with E-state index in [-0.39, 0.29) is 5.69 Å². The van der Waals surface area contributed by atoms with Crippen LogP contribution in [0.15, 0.2) is 6.20 Å². The summed E-state index contributed by atoms with van der Waals surface area (Å²) >= 11 is 1.53. The maximum atomic E-state index is 12.4. The number of rotatable bonds is 4. The average Bonchev–Trinajstić information content (AvgIpc) is 2.86. The fourth-order valence-electron chi connectivity index (χ4n) is 1.95. The Balaban J connectivity index is 2.20. The van der Waals surface area contributed by atoms with E-state index in [1.807, 2.05) is 0 Å². The van der Waals surface area contributed by atoms with Crippen LogP contribution in [0, 0.1) is 0 Å². The van der Waals surface area contributed by atoms with E-state index in [1.54, 1.807) is 0 Å². The summed E-state index contributed by atoms with van der Waals surface area (Å²) in [6.45, 7) is 1.25. The Kier molecular flexibility index (Phi) is 4.66. The van der Waals surface area contributed by atoms with E-state index >= 15 is 0 Å². The maximum Gasteiger partial charge on any atom is 0.277 e. The summed E-state index contributed by atoms with van der Waals surface area (Å²) in [7, 11) is -3.32. The van der Waals surface area contributed by atoms with Crippen molar-refractivity contribution in [3.8, 4) is 0 Å². The lowest BCUT2D eigenvalue weighted by Gasteiger charge is -2.33. The molecule has 1 unspecified atom stereocenters. The van der Waals surface area contributed by atoms with Gasteiger partial charge in [-0.1, -0.05) is 5.21 Å². The van der Waals surface area contributed by atoms with E-state index in [1.165, 1.54) is 27.5 Å². The fraction of sp³-hybridized carbons (Fsp3) is 0.700. The van der Waals surface area contributed by atoms with Gasteiger partial charge in [0.2, 0.25) is 0 Å². The molecule has 2 N–H and O–H groups in total. The zero-order valence-corrected chi connectivity index (χ0v) is 12.7. The minimum absolute atomic E-state index is 0.152. The first kappa shape index (κ1) is 15.3. The molecule has 0 aliphatic carbocycles. The van der Waals surface area contributed by atoms with Crippen molar-refractivity contribution in [1.82, 2.24) is 19.9 Å². The van der Waals surface area contributed by atoms with Gasteiger partial charge in [-0.25, -0.2) is 8.42 Å². The summed E-state index contributed by atoms with van der Waals surface area (Å²) in [5.74, 6) is 0.708. The van der Waals surface area contributed by atoms with Gasteiger partial charge in [-0.05, 0) is 0 Å². The zero-order valence-electron chi connectivity index (χ0n) is 11.1. The first-order chi connectivity index (χ1) is 9.43. The third kappa shape index (κ3) is 3.30. The van der Waals surface area contributed by atoms with E-state index < -0.39 is 21.1 Å². The van der Waals surface area contributed by atoms with Crippen LogP contribution in [0.4, 0.5) is 0 Å². The smallest absolute Gasteiger partial charge is 0.277 e. The maximum absolute atomic E-state index is 12.4. The van der Waals surface area contributed by atoms with Crippen LogP contribution in [-0.2, 0) is 16.4 Å². The van der Waals surface area contributed by atoms with Crippen molar-refractivity contribution in [2.45, 2.75) is 11.9 Å². The van der Waals surface area contributed by atoms with Gasteiger partial charge in [0.25, 0.3) is 5.91 Å². The van der Waals surface area contributed by atoms with E-state index in [2.05, 4.69) is 10.3 Å². The summed E-state index contributed by atoms with van der Waals surface area (Å²) in [6, 6.07) is 0. The molecule has 1 aromatic rings. The standard InChI is InChI=1S/C10H17N5O3S2/c1-20(17,18)9-7-19-5-4-15(9)10(16)8-6-14(3-2-11)13-12-8/h6,9H,2-5,7,11H2,1H3. The molecule has 0 radical (unpaired) electrons. The normalized spacial score (nSPS) is 20.1. The van der Waals surface area contributed by atoms with E-state index in [0.29, 0.717) is 31.1 Å². The molecule has 0 saturated carbocycles. The first-order valence-electron chi connectivity index (χ1n) is 6.11. The molecular formula is C10H17N5O3S2. The average molecular weight is 319 g/mol. The molecular weight excluding hydrogens is 302 g/mol. The van der Waals surface area contributed by atoms with Crippen molar-refractivity contribution in [3.63, 3.8) is 0 Å². The molecule has 20 heavy (non-hydrogen) atoms. The molecule has 0 spiro atoms. The minimum atomic E-state index is -3.32. The van der Waals surface area contributed by atoms with Crippen LogP contribution in [0.2, 0.25) is 0 Å². The molecule has 0 bridgehead atoms. The van der Waals surface area contributed by atoms with E-state index in [0.717, 1.165) is 6.26 Å². The van der Waals surface area contributed by atoms with Gasteiger partial charge < -0.3 is 10.6 Å². The number of hydrogen-bond donors (Lipinski definition) is 1. The van der Waals surface area contributed by atoms with Crippen molar-refractivity contribution in [1.29, 1.82) is 0 Å². The minimum Gasteiger partial charge on any atom is -0.329 e. The quantitative estimate of drug-likeness (QED) is 0.741. The Labute approximate surface area is 121 Å². The van der Waals surface area contributed by atoms with Gasteiger partial charge in [0.15, 0.2) is 15.5 Å². The molecule has 112 valence electrons. The number of aromatic nitrogens is 3. The lowest BCUT2D eigenvalue weighted by Crippen LogP contribution is -2.50. The second kappa shape index (κ2) is 6.10. The number of nitrogens with zero attached hydrogens (tertiary/aromatic N) is 4. The second-order valence-corrected chi connectivity index (χ2v) is 7.87. The highest BCUT2D eigenvalue weighted by Gasteiger charge is 2.35. The van der Waals surface area contributed by atoms with Crippen LogP contribution in [0.5, 0.6) is 0 Å². The van der Waals surface area contributed by atoms with Gasteiger partial charge in [0.05, 0.1) is 12.7 Å². The Morgan fingerprint density at radius 2 is 2.35 bits per heavy atom. The first-order valence-corrected chi connectivity index (χ1v) is 9.22. The molecule has 1 aromatic heterocycles. The molecule has 1 fully saturated rings. The number of carbonyl (C=O) groups is 1. The number of carbonyl (C=O) groups excluding carboxylic acids is 1. The number of thioether (sulfide) groups is 1. The van der Waals surface area contributed by atoms with Crippen LogP contribution in [0.25, 0.3) is 0 Å². The van der Waals surface area contributed by atoms with Crippen LogP contribution in [0.1, 0.15) is 10.5 Å². The molecule has 0 aromatic carbocycles. The number of hydrogen-bond acceptors (Lipinski definition) is 7. The van der Waals surface area contributed by atoms with E-state index in [9.17, 15) is 13.2 Å². The monoisotopic (exact) mass is 319 g/mol. The van der Waals surface area contributed by atoms with Gasteiger partial charge in [-0.3, -0.25) is 9.48 Å². The molecule has 8 nitrogen and oxygen atoms in total. The van der Waals surface area contributed by atoms with Crippen LogP contribution < -0.4 is 5.73 Å². The Hall–Kier alpha value is -1.13. The van der Waals surface area contributed by atoms with Crippen molar-refractivity contribution in [2.75, 3.05) is 30.9 Å². The van der Waals surface area contributed by atoms with Crippen molar-refractivity contribution >= 4 is 27.5 Å². The Bertz CT molecular complexity index is 585. The lowest BCUT2D eigenvalue weighted by atomic mass is 10.3. The SMILES string of the molecule is CS(=O)(=O)C1CSCCN1C(=O)c1cn(CCN)nn1. The van der Waals surface area contributed by atoms with Crippen molar-refractivity contribution in [3.05, 3.63) is 11.9 Å². The molecule has 1 saturated heterocycles. The largest absolute Gasteiger partial charge is 0.329 e. The Morgan fingerprint density at radius 3 is 3.00 bits per heavy atom. The predicted octanol–water partition coefficient (Wildman–Crippen LogP) is -1.20. The van der Waals surface area contributed by atoms with Crippen LogP contribution in [0.3, 0.4) is 0 Å². The molecule has 2 heterocycles. The zero-order chi connectivity index (χ0) is 14.8. The summed E-state index contributed by atoms with van der Waals surface area (Å²) in [5.41, 5.74) is 5.55. The van der Waals surface area contributed by atoms with Gasteiger partial charge >= 0.3 is 0 Å². The van der Waals surface area contributed by atoms with Crippen molar-refractivity contribution < 1.29 is 13.2 Å². The highest BCUT2D eigenvalue weighted by atomic mass is 32.2. The second-order valence-electron chi connectivity index (χ2n) is 4.51. The van der Waals surface area contributed by atoms with Gasteiger partial charge in [0, 0.05) is 30.9 Å². The molecule has 10 heteroatoms. The third-order valence-corrected chi connectivity index (χ3v) is 5.60. The Morgan fingerprint density at radius 1 is 1.60 bits per heavy atom. The number of amides is 1. The molecule has 1 aliphatic heterocycles. The summed E-state index contributed by atoms with van der Waals surface area (Å²) in [5, 5.41) is 6.79. The molecule has 2 rings (SSSR count). The van der Waals surface area contributed by atoms with Crippen LogP contribution >= 0.6 is 11.8 Å². The third-order valence-electron chi connectivity index (χ3n) is 2.96. The lowest BCUT2D eigenvalue weighted by molar-refractivity contribution is 0.0743. The number of sulfone groups is 1. The highest BCUT2D eigenvalue weighted by molar-refractivity contribution is 8.00. The predicted molar refractivity (Wildman–Crippen MR) is 76.1 cm³/mol. The fourth-order valence-corrected chi connectivity index (χ4v) is 4.77. The topological polar surface area (TPSA) is 111 Å². The van der Waals surface area contributed by atoms with Crippen LogP contribution in [-0.4, -0.2) is 70.4 Å². The summed E-state index contributed by atoms with van der Waals surface area (Å²) in [4.78, 5) is 13.7. The summed E-state index contributed by atoms with van der Waals surface area (Å²) in [6.07, 6.45) is 2.64. The van der Waals surface area contributed by atoms with Gasteiger partial charge in [-0.15, -0.1) is 5.10 Å². The van der Waals surface area contributed by atoms with Gasteiger partial charge in [0.1, 0.15) is 5.37 Å². The van der Waals surface area contributed by atoms with Gasteiger partial charge in [-0.2, -0.15) is 11.8 Å². The molecule has 1 amide bonds. The summed E-state index contributed by atoms with van der Waals surface area (Å²) < 4.78 is 25.0.